The zero-order valence-corrected chi connectivity index (χ0v) is 18.7. The van der Waals surface area contributed by atoms with Crippen LogP contribution in [0.1, 0.15) is 11.4 Å². The third-order valence-corrected chi connectivity index (χ3v) is 5.03. The Hall–Kier alpha value is -2.61. The van der Waals surface area contributed by atoms with Crippen LogP contribution in [0.3, 0.4) is 0 Å². The van der Waals surface area contributed by atoms with Crippen LogP contribution in [-0.4, -0.2) is 22.9 Å². The lowest BCUT2D eigenvalue weighted by atomic mass is 10.3. The summed E-state index contributed by atoms with van der Waals surface area (Å²) >= 11 is 18.0. The minimum absolute atomic E-state index is 0.111. The number of carbonyl (C=O) groups is 1. The van der Waals surface area contributed by atoms with Gasteiger partial charge in [-0.15, -0.1) is 0 Å². The van der Waals surface area contributed by atoms with Crippen molar-refractivity contribution >= 4 is 52.2 Å². The molecule has 0 bridgehead atoms. The fourth-order valence-corrected chi connectivity index (χ4v) is 3.41. The van der Waals surface area contributed by atoms with E-state index in [1.54, 1.807) is 48.0 Å². The molecular weight excluding hydrogens is 451 g/mol. The average Bonchev–Trinajstić information content (AvgIpc) is 2.95. The largest absolute Gasteiger partial charge is 0.495 e. The Labute approximate surface area is 188 Å². The van der Waals surface area contributed by atoms with Crippen molar-refractivity contribution in [2.45, 2.75) is 20.6 Å². The molecule has 2 amide bonds. The van der Waals surface area contributed by atoms with Gasteiger partial charge in [0.15, 0.2) is 6.73 Å². The minimum atomic E-state index is -0.456. The van der Waals surface area contributed by atoms with Gasteiger partial charge >= 0.3 is 6.03 Å². The summed E-state index contributed by atoms with van der Waals surface area (Å²) in [4.78, 5) is 12.5. The number of nitrogens with one attached hydrogen (secondary N) is 2. The maximum Gasteiger partial charge on any atom is 0.323 e. The van der Waals surface area contributed by atoms with E-state index in [9.17, 15) is 4.79 Å². The first kappa shape index (κ1) is 22.1. The summed E-state index contributed by atoms with van der Waals surface area (Å²) in [6.45, 7) is 3.72. The zero-order valence-electron chi connectivity index (χ0n) is 16.4. The number of methoxy groups -OCH3 is 1. The van der Waals surface area contributed by atoms with Crippen LogP contribution in [0, 0.1) is 13.8 Å². The summed E-state index contributed by atoms with van der Waals surface area (Å²) in [7, 11) is 1.51. The van der Waals surface area contributed by atoms with Gasteiger partial charge in [0.05, 0.1) is 34.9 Å². The van der Waals surface area contributed by atoms with E-state index >= 15 is 0 Å². The smallest absolute Gasteiger partial charge is 0.323 e. The molecule has 0 fully saturated rings. The van der Waals surface area contributed by atoms with Crippen LogP contribution in [0.2, 0.25) is 15.1 Å². The number of benzene rings is 2. The van der Waals surface area contributed by atoms with Gasteiger partial charge in [-0.3, -0.25) is 0 Å². The Morgan fingerprint density at radius 1 is 1.03 bits per heavy atom. The summed E-state index contributed by atoms with van der Waals surface area (Å²) in [5.41, 5.74) is 2.36. The molecule has 3 rings (SSSR count). The van der Waals surface area contributed by atoms with E-state index in [0.717, 1.165) is 0 Å². The number of ether oxygens (including phenoxy) is 2. The van der Waals surface area contributed by atoms with E-state index < -0.39 is 6.03 Å². The molecule has 1 heterocycles. The quantitative estimate of drug-likeness (QED) is 0.454. The van der Waals surface area contributed by atoms with E-state index in [1.165, 1.54) is 7.11 Å². The van der Waals surface area contributed by atoms with Crippen molar-refractivity contribution in [3.63, 3.8) is 0 Å². The fraction of sp³-hybridized carbons (Fsp3) is 0.200. The molecule has 0 saturated carbocycles. The Morgan fingerprint density at radius 2 is 1.70 bits per heavy atom. The second-order valence-corrected chi connectivity index (χ2v) is 7.60. The molecule has 2 N–H and O–H groups in total. The van der Waals surface area contributed by atoms with Crippen molar-refractivity contribution in [1.82, 2.24) is 9.78 Å². The van der Waals surface area contributed by atoms with Crippen LogP contribution in [0.4, 0.5) is 16.2 Å². The van der Waals surface area contributed by atoms with Gasteiger partial charge in [-0.25, -0.2) is 9.48 Å². The molecule has 0 spiro atoms. The minimum Gasteiger partial charge on any atom is -0.495 e. The first-order chi connectivity index (χ1) is 14.3. The number of amides is 2. The lowest BCUT2D eigenvalue weighted by Crippen LogP contribution is -2.20. The third kappa shape index (κ3) is 5.11. The van der Waals surface area contributed by atoms with Gasteiger partial charge in [-0.2, -0.15) is 5.10 Å². The van der Waals surface area contributed by atoms with Gasteiger partial charge in [-0.05, 0) is 50.2 Å². The van der Waals surface area contributed by atoms with Crippen molar-refractivity contribution in [2.24, 2.45) is 0 Å². The van der Waals surface area contributed by atoms with Gasteiger partial charge in [0.2, 0.25) is 0 Å². The number of carbonyl (C=O) groups excluding carboxylic acids is 1. The summed E-state index contributed by atoms with van der Waals surface area (Å²) in [6, 6.07) is 9.46. The van der Waals surface area contributed by atoms with Gasteiger partial charge in [0, 0.05) is 10.0 Å². The fourth-order valence-electron chi connectivity index (χ4n) is 2.77. The van der Waals surface area contributed by atoms with E-state index in [4.69, 9.17) is 44.3 Å². The maximum atomic E-state index is 12.5. The number of urea groups is 1. The van der Waals surface area contributed by atoms with Crippen molar-refractivity contribution < 1.29 is 14.3 Å². The number of hydrogen-bond acceptors (Lipinski definition) is 4. The van der Waals surface area contributed by atoms with Crippen LogP contribution >= 0.6 is 34.8 Å². The van der Waals surface area contributed by atoms with E-state index in [0.29, 0.717) is 49.3 Å². The van der Waals surface area contributed by atoms with Crippen molar-refractivity contribution in [3.05, 3.63) is 62.9 Å². The highest BCUT2D eigenvalue weighted by Gasteiger charge is 2.16. The second-order valence-electron chi connectivity index (χ2n) is 6.32. The zero-order chi connectivity index (χ0) is 21.8. The van der Waals surface area contributed by atoms with Crippen LogP contribution in [0.5, 0.6) is 11.5 Å². The average molecular weight is 470 g/mol. The van der Waals surface area contributed by atoms with Crippen LogP contribution in [-0.2, 0) is 6.73 Å². The summed E-state index contributed by atoms with van der Waals surface area (Å²) < 4.78 is 12.6. The van der Waals surface area contributed by atoms with E-state index in [-0.39, 0.29) is 6.73 Å². The first-order valence-corrected chi connectivity index (χ1v) is 9.95. The third-order valence-electron chi connectivity index (χ3n) is 4.27. The molecule has 30 heavy (non-hydrogen) atoms. The van der Waals surface area contributed by atoms with E-state index in [2.05, 4.69) is 15.7 Å². The molecule has 7 nitrogen and oxygen atoms in total. The Morgan fingerprint density at radius 3 is 2.37 bits per heavy atom. The summed E-state index contributed by atoms with van der Waals surface area (Å²) in [6.07, 6.45) is 0. The lowest BCUT2D eigenvalue weighted by molar-refractivity contribution is 0.218. The van der Waals surface area contributed by atoms with Crippen LogP contribution in [0.15, 0.2) is 36.4 Å². The number of halogens is 3. The molecule has 158 valence electrons. The monoisotopic (exact) mass is 468 g/mol. The molecule has 1 aromatic heterocycles. The Bertz CT molecular complexity index is 1090. The molecule has 0 atom stereocenters. The molecule has 3 aromatic rings. The predicted octanol–water partition coefficient (Wildman–Crippen LogP) is 6.15. The van der Waals surface area contributed by atoms with Gasteiger partial charge < -0.3 is 20.1 Å². The number of aromatic nitrogens is 2. The van der Waals surface area contributed by atoms with Crippen molar-refractivity contribution in [2.75, 3.05) is 17.7 Å². The topological polar surface area (TPSA) is 77.4 Å². The van der Waals surface area contributed by atoms with Crippen LogP contribution in [0.25, 0.3) is 0 Å². The SMILES string of the molecule is COc1ccc(Cl)cc1NC(=O)Nc1c(C)nn(COc2ccc(Cl)cc2Cl)c1C. The Kier molecular flexibility index (Phi) is 6.97. The maximum absolute atomic E-state index is 12.5. The van der Waals surface area contributed by atoms with E-state index in [1.807, 2.05) is 6.92 Å². The molecule has 0 radical (unpaired) electrons. The summed E-state index contributed by atoms with van der Waals surface area (Å²) in [5, 5.41) is 11.3. The molecule has 2 aromatic carbocycles. The van der Waals surface area contributed by atoms with Gasteiger partial charge in [0.1, 0.15) is 11.5 Å². The molecule has 0 aliphatic heterocycles. The number of aryl methyl sites for hydroxylation is 1. The molecule has 0 aliphatic carbocycles. The molecule has 0 saturated heterocycles. The molecular formula is C20H19Cl3N4O3. The first-order valence-electron chi connectivity index (χ1n) is 8.82. The van der Waals surface area contributed by atoms with Crippen LogP contribution < -0.4 is 20.1 Å². The molecule has 10 heteroatoms. The standard InChI is InChI=1S/C20H19Cl3N4O3/c1-11-19(25-20(28)24-16-9-14(22)5-7-18(16)29-3)12(2)27(26-11)10-30-17-6-4-13(21)8-15(17)23/h4-9H,10H2,1-3H3,(H2,24,25,28). The number of anilines is 2. The second kappa shape index (κ2) is 9.47. The van der Waals surface area contributed by atoms with Crippen molar-refractivity contribution in [1.29, 1.82) is 0 Å². The van der Waals surface area contributed by atoms with Gasteiger partial charge in [-0.1, -0.05) is 34.8 Å². The number of nitrogens with zero attached hydrogens (tertiary/aromatic N) is 2. The molecule has 0 aliphatic rings. The number of hydrogen-bond donors (Lipinski definition) is 2. The highest BCUT2D eigenvalue weighted by atomic mass is 35.5. The van der Waals surface area contributed by atoms with Crippen molar-refractivity contribution in [3.8, 4) is 11.5 Å². The predicted molar refractivity (Wildman–Crippen MR) is 119 cm³/mol. The normalized spacial score (nSPS) is 10.6. The van der Waals surface area contributed by atoms with Gasteiger partial charge in [0.25, 0.3) is 0 Å². The highest BCUT2D eigenvalue weighted by molar-refractivity contribution is 6.35. The summed E-state index contributed by atoms with van der Waals surface area (Å²) in [5.74, 6) is 0.973. The highest BCUT2D eigenvalue weighted by Crippen LogP contribution is 2.29. The lowest BCUT2D eigenvalue weighted by Gasteiger charge is -2.12. The Balaban J connectivity index is 1.71. The number of rotatable bonds is 6. The molecule has 0 unspecified atom stereocenters.